The lowest BCUT2D eigenvalue weighted by molar-refractivity contribution is -0.131. The van der Waals surface area contributed by atoms with Crippen LogP contribution in [0.3, 0.4) is 0 Å². The highest BCUT2D eigenvalue weighted by molar-refractivity contribution is 5.81. The molecule has 4 rings (SSSR count). The maximum absolute atomic E-state index is 12.6. The van der Waals surface area contributed by atoms with Gasteiger partial charge in [0.1, 0.15) is 0 Å². The lowest BCUT2D eigenvalue weighted by Crippen LogP contribution is -2.39. The van der Waals surface area contributed by atoms with Crippen LogP contribution in [-0.4, -0.2) is 46.5 Å². The first-order valence-electron chi connectivity index (χ1n) is 9.89. The molecule has 0 radical (unpaired) electrons. The fraction of sp³-hybridized carbons (Fsp3) is 0.600. The lowest BCUT2D eigenvalue weighted by atomic mass is 9.90. The minimum Gasteiger partial charge on any atom is -0.342 e. The van der Waals surface area contributed by atoms with Gasteiger partial charge in [-0.1, -0.05) is 6.07 Å². The molecule has 6 nitrogen and oxygen atoms in total. The summed E-state index contributed by atoms with van der Waals surface area (Å²) in [7, 11) is 0. The van der Waals surface area contributed by atoms with Crippen molar-refractivity contribution in [2.45, 2.75) is 51.0 Å². The van der Waals surface area contributed by atoms with Gasteiger partial charge < -0.3 is 20.2 Å². The van der Waals surface area contributed by atoms with E-state index in [1.807, 2.05) is 23.1 Å². The summed E-state index contributed by atoms with van der Waals surface area (Å²) in [6.45, 7) is 2.94. The number of imidazole rings is 1. The highest BCUT2D eigenvalue weighted by Crippen LogP contribution is 2.25. The predicted octanol–water partition coefficient (Wildman–Crippen LogP) is 2.17. The van der Waals surface area contributed by atoms with E-state index in [-0.39, 0.29) is 11.6 Å². The molecule has 0 spiro atoms. The first-order chi connectivity index (χ1) is 12.7. The van der Waals surface area contributed by atoms with Crippen molar-refractivity contribution in [3.05, 3.63) is 34.2 Å². The number of piperidine rings is 1. The summed E-state index contributed by atoms with van der Waals surface area (Å²) in [4.78, 5) is 31.5. The van der Waals surface area contributed by atoms with Crippen LogP contribution in [0.2, 0.25) is 0 Å². The van der Waals surface area contributed by atoms with Crippen molar-refractivity contribution in [3.8, 4) is 0 Å². The normalized spacial score (nSPS) is 21.5. The van der Waals surface area contributed by atoms with Crippen LogP contribution in [0.1, 0.15) is 44.1 Å². The Morgan fingerprint density at radius 2 is 1.88 bits per heavy atom. The van der Waals surface area contributed by atoms with Crippen LogP contribution in [0.5, 0.6) is 0 Å². The van der Waals surface area contributed by atoms with E-state index in [9.17, 15) is 9.59 Å². The van der Waals surface area contributed by atoms with Crippen LogP contribution >= 0.6 is 0 Å². The van der Waals surface area contributed by atoms with Crippen molar-refractivity contribution in [1.29, 1.82) is 0 Å². The third-order valence-electron chi connectivity index (χ3n) is 5.99. The second-order valence-corrected chi connectivity index (χ2v) is 7.83. The largest absolute Gasteiger partial charge is 0.342 e. The molecular weight excluding hydrogens is 328 g/mol. The van der Waals surface area contributed by atoms with Gasteiger partial charge in [-0.15, -0.1) is 0 Å². The highest BCUT2D eigenvalue weighted by Gasteiger charge is 2.24. The zero-order valence-electron chi connectivity index (χ0n) is 15.2. The Bertz CT molecular complexity index is 811. The zero-order chi connectivity index (χ0) is 17.9. The van der Waals surface area contributed by atoms with Gasteiger partial charge >= 0.3 is 5.69 Å². The molecule has 2 fully saturated rings. The maximum atomic E-state index is 12.6. The minimum atomic E-state index is -0.210. The average molecular weight is 356 g/mol. The smallest absolute Gasteiger partial charge is 0.323 e. The fourth-order valence-electron chi connectivity index (χ4n) is 4.39. The SMILES string of the molecule is O=C(Cc1ccc2[nH]c(=O)[nH]c2c1)N1CCC(CC[C@@H]2CCCN2)CC1. The summed E-state index contributed by atoms with van der Waals surface area (Å²) < 4.78 is 0. The molecule has 0 bridgehead atoms. The van der Waals surface area contributed by atoms with Crippen LogP contribution in [0.4, 0.5) is 0 Å². The molecule has 140 valence electrons. The molecule has 0 saturated carbocycles. The second-order valence-electron chi connectivity index (χ2n) is 7.83. The van der Waals surface area contributed by atoms with E-state index < -0.39 is 0 Å². The van der Waals surface area contributed by atoms with E-state index in [1.165, 1.54) is 32.2 Å². The number of nitrogens with one attached hydrogen (secondary N) is 3. The van der Waals surface area contributed by atoms with Crippen molar-refractivity contribution in [1.82, 2.24) is 20.2 Å². The molecule has 1 aromatic carbocycles. The molecule has 2 aliphatic heterocycles. The van der Waals surface area contributed by atoms with Crippen LogP contribution in [0.15, 0.2) is 23.0 Å². The van der Waals surface area contributed by atoms with Crippen LogP contribution in [0.25, 0.3) is 11.0 Å². The molecule has 1 amide bonds. The Kier molecular flexibility index (Phi) is 5.11. The Balaban J connectivity index is 1.26. The molecule has 3 N–H and O–H groups in total. The molecule has 26 heavy (non-hydrogen) atoms. The zero-order valence-corrected chi connectivity index (χ0v) is 15.2. The fourth-order valence-corrected chi connectivity index (χ4v) is 4.39. The molecule has 3 heterocycles. The highest BCUT2D eigenvalue weighted by atomic mass is 16.2. The number of carbonyl (C=O) groups excluding carboxylic acids is 1. The number of rotatable bonds is 5. The Labute approximate surface area is 153 Å². The molecule has 1 aromatic heterocycles. The number of aromatic amines is 2. The first kappa shape index (κ1) is 17.3. The summed E-state index contributed by atoms with van der Waals surface area (Å²) in [5.74, 6) is 0.959. The minimum absolute atomic E-state index is 0.193. The number of nitrogens with zero attached hydrogens (tertiary/aromatic N) is 1. The predicted molar refractivity (Wildman–Crippen MR) is 102 cm³/mol. The van der Waals surface area contributed by atoms with E-state index in [0.717, 1.165) is 54.5 Å². The van der Waals surface area contributed by atoms with Crippen molar-refractivity contribution >= 4 is 16.9 Å². The van der Waals surface area contributed by atoms with Crippen LogP contribution < -0.4 is 11.0 Å². The van der Waals surface area contributed by atoms with Crippen LogP contribution in [-0.2, 0) is 11.2 Å². The number of hydrogen-bond acceptors (Lipinski definition) is 3. The quantitative estimate of drug-likeness (QED) is 0.768. The molecular formula is C20H28N4O2. The third kappa shape index (κ3) is 4.01. The molecule has 2 aromatic rings. The van der Waals surface area contributed by atoms with E-state index in [0.29, 0.717) is 6.42 Å². The van der Waals surface area contributed by atoms with Gasteiger partial charge in [-0.25, -0.2) is 4.79 Å². The van der Waals surface area contributed by atoms with Gasteiger partial charge in [-0.3, -0.25) is 4.79 Å². The van der Waals surface area contributed by atoms with Crippen LogP contribution in [0, 0.1) is 5.92 Å². The molecule has 2 saturated heterocycles. The lowest BCUT2D eigenvalue weighted by Gasteiger charge is -2.32. The van der Waals surface area contributed by atoms with Crippen molar-refractivity contribution < 1.29 is 4.79 Å². The van der Waals surface area contributed by atoms with Gasteiger partial charge in [-0.2, -0.15) is 0 Å². The monoisotopic (exact) mass is 356 g/mol. The number of carbonyl (C=O) groups is 1. The summed E-state index contributed by atoms with van der Waals surface area (Å²) in [6.07, 6.45) is 7.88. The van der Waals surface area contributed by atoms with Crippen molar-refractivity contribution in [2.75, 3.05) is 19.6 Å². The Morgan fingerprint density at radius 3 is 2.65 bits per heavy atom. The number of fused-ring (bicyclic) bond motifs is 1. The Morgan fingerprint density at radius 1 is 1.08 bits per heavy atom. The summed E-state index contributed by atoms with van der Waals surface area (Å²) in [5.41, 5.74) is 2.29. The molecule has 6 heteroatoms. The Hall–Kier alpha value is -2.08. The third-order valence-corrected chi connectivity index (χ3v) is 5.99. The first-order valence-corrected chi connectivity index (χ1v) is 9.89. The van der Waals surface area contributed by atoms with Crippen molar-refractivity contribution in [3.63, 3.8) is 0 Å². The summed E-state index contributed by atoms with van der Waals surface area (Å²) in [5, 5.41) is 3.58. The van der Waals surface area contributed by atoms with E-state index in [4.69, 9.17) is 0 Å². The second kappa shape index (κ2) is 7.66. The standard InChI is InChI=1S/C20H28N4O2/c25-19(13-15-4-6-17-18(12-15)23-20(26)22-17)24-10-7-14(8-11-24)3-5-16-2-1-9-21-16/h4,6,12,14,16,21H,1-3,5,7-11,13H2,(H2,22,23,26)/t16-/m0/s1. The topological polar surface area (TPSA) is 81.0 Å². The van der Waals surface area contributed by atoms with E-state index in [2.05, 4.69) is 15.3 Å². The number of benzene rings is 1. The average Bonchev–Trinajstić information content (AvgIpc) is 3.28. The summed E-state index contributed by atoms with van der Waals surface area (Å²) >= 11 is 0. The number of likely N-dealkylation sites (tertiary alicyclic amines) is 1. The summed E-state index contributed by atoms with van der Waals surface area (Å²) in [6, 6.07) is 6.40. The van der Waals surface area contributed by atoms with Gasteiger partial charge in [0.25, 0.3) is 0 Å². The van der Waals surface area contributed by atoms with Gasteiger partial charge in [0.2, 0.25) is 5.91 Å². The molecule has 0 unspecified atom stereocenters. The van der Waals surface area contributed by atoms with Gasteiger partial charge in [0.05, 0.1) is 17.5 Å². The van der Waals surface area contributed by atoms with Gasteiger partial charge in [0, 0.05) is 19.1 Å². The number of H-pyrrole nitrogens is 2. The van der Waals surface area contributed by atoms with Crippen molar-refractivity contribution in [2.24, 2.45) is 5.92 Å². The van der Waals surface area contributed by atoms with Gasteiger partial charge in [0.15, 0.2) is 0 Å². The maximum Gasteiger partial charge on any atom is 0.323 e. The van der Waals surface area contributed by atoms with E-state index >= 15 is 0 Å². The molecule has 0 aliphatic carbocycles. The molecule has 2 aliphatic rings. The van der Waals surface area contributed by atoms with Gasteiger partial charge in [-0.05, 0) is 68.7 Å². The van der Waals surface area contributed by atoms with E-state index in [1.54, 1.807) is 0 Å². The number of amides is 1. The molecule has 1 atom stereocenters. The number of hydrogen-bond donors (Lipinski definition) is 3. The number of aromatic nitrogens is 2.